The van der Waals surface area contributed by atoms with E-state index in [9.17, 15) is 9.59 Å². The van der Waals surface area contributed by atoms with Gasteiger partial charge in [0, 0.05) is 42.4 Å². The lowest BCUT2D eigenvalue weighted by Crippen LogP contribution is -2.23. The smallest absolute Gasteiger partial charge is 0.331 e. The van der Waals surface area contributed by atoms with E-state index < -0.39 is 11.6 Å². The molecule has 0 bridgehead atoms. The van der Waals surface area contributed by atoms with Crippen molar-refractivity contribution in [3.63, 3.8) is 0 Å². The monoisotopic (exact) mass is 458 g/mol. The van der Waals surface area contributed by atoms with Gasteiger partial charge in [-0.2, -0.15) is 0 Å². The largest absolute Gasteiger partial charge is 0.457 e. The fourth-order valence-electron chi connectivity index (χ4n) is 2.54. The second-order valence-electron chi connectivity index (χ2n) is 7.88. The molecule has 5 nitrogen and oxygen atoms in total. The Morgan fingerprint density at radius 1 is 1.10 bits per heavy atom. The van der Waals surface area contributed by atoms with Gasteiger partial charge in [-0.15, -0.1) is 0 Å². The van der Waals surface area contributed by atoms with E-state index in [-0.39, 0.29) is 5.91 Å². The third kappa shape index (κ3) is 7.74. The van der Waals surface area contributed by atoms with E-state index in [1.54, 1.807) is 18.2 Å². The van der Waals surface area contributed by atoms with Gasteiger partial charge in [0.1, 0.15) is 5.60 Å². The summed E-state index contributed by atoms with van der Waals surface area (Å²) >= 11 is 3.42. The number of amides is 1. The van der Waals surface area contributed by atoms with E-state index in [4.69, 9.17) is 4.74 Å². The maximum Gasteiger partial charge on any atom is 0.331 e. The zero-order chi connectivity index (χ0) is 21.6. The molecule has 2 aromatic carbocycles. The molecule has 1 amide bonds. The summed E-state index contributed by atoms with van der Waals surface area (Å²) in [5.41, 5.74) is 2.81. The molecule has 0 aliphatic carbocycles. The van der Waals surface area contributed by atoms with Crippen LogP contribution in [-0.2, 0) is 16.1 Å². The molecule has 0 unspecified atom stereocenters. The Hall–Kier alpha value is -2.60. The SMILES string of the molecule is CN(C)c1ccc(CNC(=O)c2cc(Br)cc(/C=C/C(=O)OC(C)(C)C)c2)cc1. The zero-order valence-corrected chi connectivity index (χ0v) is 19.0. The van der Waals surface area contributed by atoms with Crippen LogP contribution in [0.5, 0.6) is 0 Å². The van der Waals surface area contributed by atoms with E-state index in [0.717, 1.165) is 21.3 Å². The Kier molecular flexibility index (Phi) is 7.62. The first-order valence-corrected chi connectivity index (χ1v) is 10.1. The van der Waals surface area contributed by atoms with Crippen LogP contribution in [0.2, 0.25) is 0 Å². The van der Waals surface area contributed by atoms with Crippen LogP contribution in [0.25, 0.3) is 6.08 Å². The maximum atomic E-state index is 12.6. The van der Waals surface area contributed by atoms with E-state index in [0.29, 0.717) is 12.1 Å². The molecule has 0 atom stereocenters. The first-order valence-electron chi connectivity index (χ1n) is 9.29. The van der Waals surface area contributed by atoms with Crippen LogP contribution in [0.1, 0.15) is 42.3 Å². The summed E-state index contributed by atoms with van der Waals surface area (Å²) in [6, 6.07) is 13.3. The van der Waals surface area contributed by atoms with Crippen molar-refractivity contribution >= 4 is 39.6 Å². The van der Waals surface area contributed by atoms with E-state index >= 15 is 0 Å². The average Bonchev–Trinajstić information content (AvgIpc) is 2.63. The molecule has 2 rings (SSSR count). The van der Waals surface area contributed by atoms with Crippen LogP contribution in [0.15, 0.2) is 53.0 Å². The molecule has 154 valence electrons. The Balaban J connectivity index is 2.04. The van der Waals surface area contributed by atoms with Gasteiger partial charge in [-0.1, -0.05) is 28.1 Å². The number of rotatable bonds is 6. The van der Waals surface area contributed by atoms with Crippen molar-refractivity contribution in [2.45, 2.75) is 32.9 Å². The molecule has 1 N–H and O–H groups in total. The molecule has 0 radical (unpaired) electrons. The molecule has 2 aromatic rings. The van der Waals surface area contributed by atoms with Crippen molar-refractivity contribution in [2.24, 2.45) is 0 Å². The number of carbonyl (C=O) groups excluding carboxylic acids is 2. The number of hydrogen-bond donors (Lipinski definition) is 1. The minimum atomic E-state index is -0.547. The number of esters is 1. The molecular weight excluding hydrogens is 432 g/mol. The number of benzene rings is 2. The molecule has 0 heterocycles. The van der Waals surface area contributed by atoms with E-state index in [1.165, 1.54) is 6.08 Å². The minimum Gasteiger partial charge on any atom is -0.457 e. The summed E-state index contributed by atoms with van der Waals surface area (Å²) in [7, 11) is 3.97. The topological polar surface area (TPSA) is 58.6 Å². The van der Waals surface area contributed by atoms with Gasteiger partial charge in [0.2, 0.25) is 0 Å². The van der Waals surface area contributed by atoms with Crippen molar-refractivity contribution in [1.82, 2.24) is 5.32 Å². The van der Waals surface area contributed by atoms with Crippen molar-refractivity contribution in [2.75, 3.05) is 19.0 Å². The summed E-state index contributed by atoms with van der Waals surface area (Å²) in [5.74, 6) is -0.612. The molecular formula is C23H27BrN2O3. The lowest BCUT2D eigenvalue weighted by atomic mass is 10.1. The average molecular weight is 459 g/mol. The van der Waals surface area contributed by atoms with Crippen LogP contribution in [0, 0.1) is 0 Å². The lowest BCUT2D eigenvalue weighted by molar-refractivity contribution is -0.148. The van der Waals surface area contributed by atoms with Crippen molar-refractivity contribution < 1.29 is 14.3 Å². The minimum absolute atomic E-state index is 0.185. The van der Waals surface area contributed by atoms with Crippen LogP contribution in [-0.4, -0.2) is 31.6 Å². The summed E-state index contributed by atoms with van der Waals surface area (Å²) in [5, 5.41) is 2.93. The number of nitrogens with one attached hydrogen (secondary N) is 1. The summed E-state index contributed by atoms with van der Waals surface area (Å²) in [6.45, 7) is 5.87. The van der Waals surface area contributed by atoms with Crippen LogP contribution < -0.4 is 10.2 Å². The van der Waals surface area contributed by atoms with Crippen LogP contribution in [0.4, 0.5) is 5.69 Å². The highest BCUT2D eigenvalue weighted by atomic mass is 79.9. The van der Waals surface area contributed by atoms with Gasteiger partial charge in [-0.3, -0.25) is 4.79 Å². The van der Waals surface area contributed by atoms with Crippen molar-refractivity contribution in [3.05, 3.63) is 69.7 Å². The maximum absolute atomic E-state index is 12.6. The van der Waals surface area contributed by atoms with Crippen molar-refractivity contribution in [3.8, 4) is 0 Å². The van der Waals surface area contributed by atoms with Crippen LogP contribution >= 0.6 is 15.9 Å². The Morgan fingerprint density at radius 3 is 2.34 bits per heavy atom. The Morgan fingerprint density at radius 2 is 1.76 bits per heavy atom. The Bertz CT molecular complexity index is 897. The number of carbonyl (C=O) groups is 2. The number of hydrogen-bond acceptors (Lipinski definition) is 4. The molecule has 6 heteroatoms. The highest BCUT2D eigenvalue weighted by Crippen LogP contribution is 2.18. The first kappa shape index (κ1) is 22.7. The lowest BCUT2D eigenvalue weighted by Gasteiger charge is -2.17. The van der Waals surface area contributed by atoms with Crippen LogP contribution in [0.3, 0.4) is 0 Å². The molecule has 0 aliphatic heterocycles. The van der Waals surface area contributed by atoms with E-state index in [1.807, 2.05) is 70.1 Å². The molecule has 0 fully saturated rings. The van der Waals surface area contributed by atoms with Gasteiger partial charge < -0.3 is 15.0 Å². The summed E-state index contributed by atoms with van der Waals surface area (Å²) in [4.78, 5) is 26.4. The summed E-state index contributed by atoms with van der Waals surface area (Å²) in [6.07, 6.45) is 3.00. The van der Waals surface area contributed by atoms with Gasteiger partial charge in [-0.05, 0) is 68.3 Å². The molecule has 29 heavy (non-hydrogen) atoms. The number of halogens is 1. The highest BCUT2D eigenvalue weighted by Gasteiger charge is 2.14. The van der Waals surface area contributed by atoms with E-state index in [2.05, 4.69) is 21.2 Å². The van der Waals surface area contributed by atoms with Gasteiger partial charge in [0.25, 0.3) is 5.91 Å². The number of nitrogens with zero attached hydrogens (tertiary/aromatic N) is 1. The number of ether oxygens (including phenoxy) is 1. The normalized spacial score (nSPS) is 11.4. The molecule has 0 saturated heterocycles. The second kappa shape index (κ2) is 9.74. The third-order valence-electron chi connectivity index (χ3n) is 3.91. The molecule has 0 aliphatic rings. The first-order chi connectivity index (χ1) is 13.5. The zero-order valence-electron chi connectivity index (χ0n) is 17.5. The van der Waals surface area contributed by atoms with Gasteiger partial charge >= 0.3 is 5.97 Å². The predicted molar refractivity (Wildman–Crippen MR) is 121 cm³/mol. The predicted octanol–water partition coefficient (Wildman–Crippen LogP) is 4.80. The van der Waals surface area contributed by atoms with Gasteiger partial charge in [0.05, 0.1) is 0 Å². The highest BCUT2D eigenvalue weighted by molar-refractivity contribution is 9.10. The fourth-order valence-corrected chi connectivity index (χ4v) is 3.05. The van der Waals surface area contributed by atoms with Gasteiger partial charge in [-0.25, -0.2) is 4.79 Å². The standard InChI is InChI=1S/C23H27BrN2O3/c1-23(2,3)29-21(27)11-8-17-12-18(14-19(24)13-17)22(28)25-15-16-6-9-20(10-7-16)26(4)5/h6-14H,15H2,1-5H3,(H,25,28)/b11-8+. The second-order valence-corrected chi connectivity index (χ2v) is 8.80. The Labute approximate surface area is 180 Å². The number of anilines is 1. The molecule has 0 aromatic heterocycles. The molecule has 0 saturated carbocycles. The molecule has 0 spiro atoms. The fraction of sp³-hybridized carbons (Fsp3) is 0.304. The summed E-state index contributed by atoms with van der Waals surface area (Å²) < 4.78 is 6.01. The third-order valence-corrected chi connectivity index (χ3v) is 4.36. The van der Waals surface area contributed by atoms with Gasteiger partial charge in [0.15, 0.2) is 0 Å². The quantitative estimate of drug-likeness (QED) is 0.498. The van der Waals surface area contributed by atoms with Crippen molar-refractivity contribution in [1.29, 1.82) is 0 Å².